The average Bonchev–Trinajstić information content (AvgIpc) is 2.05. The fraction of sp³-hybridized carbons (Fsp3) is 0.222. The van der Waals surface area contributed by atoms with E-state index in [0.717, 1.165) is 0 Å². The summed E-state index contributed by atoms with van der Waals surface area (Å²) in [6, 6.07) is 0. The van der Waals surface area contributed by atoms with Crippen LogP contribution in [-0.2, 0) is 4.74 Å². The second-order valence-corrected chi connectivity index (χ2v) is 2.28. The van der Waals surface area contributed by atoms with E-state index in [-0.39, 0.29) is 11.7 Å². The molecule has 3 heteroatoms. The quantitative estimate of drug-likeness (QED) is 0.614. The smallest absolute Gasteiger partial charge is 0.286 e. The van der Waals surface area contributed by atoms with Crippen LogP contribution in [0.5, 0.6) is 0 Å². The molecule has 0 aromatic heterocycles. The molecule has 0 spiro atoms. The Labute approximate surface area is 71.2 Å². The highest BCUT2D eigenvalue weighted by Gasteiger charge is 2.08. The lowest BCUT2D eigenvalue weighted by molar-refractivity contribution is 0.101. The van der Waals surface area contributed by atoms with Gasteiger partial charge in [-0.15, -0.1) is 0 Å². The monoisotopic (exact) mass is 165 g/mol. The molecule has 64 valence electrons. The lowest BCUT2D eigenvalue weighted by Crippen LogP contribution is -2.04. The second kappa shape index (κ2) is 3.76. The van der Waals surface area contributed by atoms with Crippen LogP contribution in [-0.4, -0.2) is 17.4 Å². The molecule has 2 N–H and O–H groups in total. The van der Waals surface area contributed by atoms with Crippen molar-refractivity contribution < 1.29 is 9.84 Å². The molecule has 1 aliphatic carbocycles. The molecule has 0 saturated heterocycles. The zero-order valence-corrected chi connectivity index (χ0v) is 6.87. The van der Waals surface area contributed by atoms with Crippen molar-refractivity contribution in [3.05, 3.63) is 35.8 Å². The Morgan fingerprint density at radius 2 is 2.17 bits per heavy atom. The first kappa shape index (κ1) is 8.59. The van der Waals surface area contributed by atoms with Gasteiger partial charge in [0.2, 0.25) is 0 Å². The fourth-order valence-corrected chi connectivity index (χ4v) is 0.884. The highest BCUT2D eigenvalue weighted by molar-refractivity contribution is 6.09. The van der Waals surface area contributed by atoms with Gasteiger partial charge in [-0.25, -0.2) is 0 Å². The maximum atomic E-state index is 9.28. The Kier molecular flexibility index (Phi) is 2.69. The molecule has 12 heavy (non-hydrogen) atoms. The summed E-state index contributed by atoms with van der Waals surface area (Å²) in [6.07, 6.45) is 6.74. The standard InChI is InChI=1S/C9H11NO2/c1-2-12-9(11)7-5-3-4-6-8(7)10/h3-6,10-11H,2H2,1H3/b9-7+,10-8?. The number of allylic oxidation sites excluding steroid dienone is 5. The number of aliphatic hydroxyl groups is 1. The summed E-state index contributed by atoms with van der Waals surface area (Å²) < 4.78 is 4.86. The molecule has 0 heterocycles. The van der Waals surface area contributed by atoms with Gasteiger partial charge in [0.25, 0.3) is 5.95 Å². The largest absolute Gasteiger partial charge is 0.480 e. The molecule has 1 aliphatic rings. The van der Waals surface area contributed by atoms with Crippen LogP contribution in [0.4, 0.5) is 0 Å². The normalized spacial score (nSPS) is 19.6. The zero-order valence-electron chi connectivity index (χ0n) is 6.87. The highest BCUT2D eigenvalue weighted by atomic mass is 16.6. The van der Waals surface area contributed by atoms with Crippen molar-refractivity contribution in [3.63, 3.8) is 0 Å². The molecule has 3 nitrogen and oxygen atoms in total. The Bertz CT molecular complexity index is 274. The molecular formula is C9H11NO2. The first-order valence-electron chi connectivity index (χ1n) is 3.75. The van der Waals surface area contributed by atoms with E-state index in [9.17, 15) is 5.11 Å². The van der Waals surface area contributed by atoms with Crippen molar-refractivity contribution in [2.24, 2.45) is 0 Å². The van der Waals surface area contributed by atoms with Crippen LogP contribution in [0.15, 0.2) is 35.8 Å². The van der Waals surface area contributed by atoms with E-state index >= 15 is 0 Å². The molecule has 0 atom stereocenters. The van der Waals surface area contributed by atoms with Crippen LogP contribution in [0.3, 0.4) is 0 Å². The first-order valence-corrected chi connectivity index (χ1v) is 3.75. The maximum Gasteiger partial charge on any atom is 0.286 e. The van der Waals surface area contributed by atoms with Gasteiger partial charge in [-0.1, -0.05) is 12.2 Å². The van der Waals surface area contributed by atoms with Gasteiger partial charge in [-0.3, -0.25) is 0 Å². The Balaban J connectivity index is 2.86. The fourth-order valence-electron chi connectivity index (χ4n) is 0.884. The summed E-state index contributed by atoms with van der Waals surface area (Å²) in [7, 11) is 0. The molecule has 0 unspecified atom stereocenters. The second-order valence-electron chi connectivity index (χ2n) is 2.28. The van der Waals surface area contributed by atoms with Gasteiger partial charge in [-0.2, -0.15) is 0 Å². The molecule has 0 radical (unpaired) electrons. The molecule has 0 aromatic rings. The predicted octanol–water partition coefficient (Wildman–Crippen LogP) is 1.94. The molecule has 0 amide bonds. The Morgan fingerprint density at radius 3 is 2.75 bits per heavy atom. The number of hydrogen-bond donors (Lipinski definition) is 2. The summed E-state index contributed by atoms with van der Waals surface area (Å²) >= 11 is 0. The third kappa shape index (κ3) is 1.75. The van der Waals surface area contributed by atoms with Gasteiger partial charge in [0.1, 0.15) is 0 Å². The Hall–Kier alpha value is -1.51. The molecule has 0 bridgehead atoms. The third-order valence-corrected chi connectivity index (χ3v) is 1.44. The third-order valence-electron chi connectivity index (χ3n) is 1.44. The minimum absolute atomic E-state index is 0.178. The van der Waals surface area contributed by atoms with Crippen molar-refractivity contribution in [2.45, 2.75) is 6.92 Å². The number of nitrogens with one attached hydrogen (secondary N) is 1. The van der Waals surface area contributed by atoms with E-state index in [4.69, 9.17) is 10.1 Å². The number of rotatable bonds is 2. The van der Waals surface area contributed by atoms with Crippen LogP contribution in [0.1, 0.15) is 6.92 Å². The van der Waals surface area contributed by atoms with E-state index < -0.39 is 0 Å². The van der Waals surface area contributed by atoms with Crippen LogP contribution >= 0.6 is 0 Å². The van der Waals surface area contributed by atoms with E-state index in [0.29, 0.717) is 12.2 Å². The van der Waals surface area contributed by atoms with Gasteiger partial charge in [0, 0.05) is 0 Å². The van der Waals surface area contributed by atoms with Gasteiger partial charge in [-0.05, 0) is 19.1 Å². The summed E-state index contributed by atoms with van der Waals surface area (Å²) in [5.41, 5.74) is 0.697. The van der Waals surface area contributed by atoms with Crippen molar-refractivity contribution in [1.29, 1.82) is 5.41 Å². The average molecular weight is 165 g/mol. The number of aliphatic hydroxyl groups excluding tert-OH is 1. The molecule has 1 rings (SSSR count). The van der Waals surface area contributed by atoms with Gasteiger partial charge < -0.3 is 15.3 Å². The van der Waals surface area contributed by atoms with Crippen LogP contribution in [0.2, 0.25) is 0 Å². The first-order chi connectivity index (χ1) is 5.75. The number of hydrogen-bond acceptors (Lipinski definition) is 3. The summed E-state index contributed by atoms with van der Waals surface area (Å²) in [4.78, 5) is 0. The van der Waals surface area contributed by atoms with E-state index in [1.54, 1.807) is 31.2 Å². The van der Waals surface area contributed by atoms with E-state index in [1.165, 1.54) is 0 Å². The van der Waals surface area contributed by atoms with E-state index in [2.05, 4.69) is 0 Å². The van der Waals surface area contributed by atoms with Crippen LogP contribution in [0, 0.1) is 5.41 Å². The van der Waals surface area contributed by atoms with E-state index in [1.807, 2.05) is 0 Å². The van der Waals surface area contributed by atoms with Crippen molar-refractivity contribution >= 4 is 5.71 Å². The summed E-state index contributed by atoms with van der Waals surface area (Å²) in [5, 5.41) is 16.7. The minimum Gasteiger partial charge on any atom is -0.480 e. The molecular weight excluding hydrogens is 154 g/mol. The van der Waals surface area contributed by atoms with Crippen LogP contribution < -0.4 is 0 Å². The zero-order chi connectivity index (χ0) is 8.97. The van der Waals surface area contributed by atoms with Crippen molar-refractivity contribution in [1.82, 2.24) is 0 Å². The molecule has 0 saturated carbocycles. The van der Waals surface area contributed by atoms with Crippen molar-refractivity contribution in [2.75, 3.05) is 6.61 Å². The lowest BCUT2D eigenvalue weighted by atomic mass is 10.1. The summed E-state index contributed by atoms with van der Waals surface area (Å²) in [5.74, 6) is -0.178. The molecule has 0 aliphatic heterocycles. The van der Waals surface area contributed by atoms with Gasteiger partial charge in [0.05, 0.1) is 17.9 Å². The number of ether oxygens (including phenoxy) is 1. The van der Waals surface area contributed by atoms with Crippen LogP contribution in [0.25, 0.3) is 0 Å². The van der Waals surface area contributed by atoms with Gasteiger partial charge in [0.15, 0.2) is 0 Å². The topological polar surface area (TPSA) is 53.3 Å². The predicted molar refractivity (Wildman–Crippen MR) is 47.3 cm³/mol. The Morgan fingerprint density at radius 1 is 1.50 bits per heavy atom. The van der Waals surface area contributed by atoms with Crippen molar-refractivity contribution in [3.8, 4) is 0 Å². The molecule has 0 fully saturated rings. The highest BCUT2D eigenvalue weighted by Crippen LogP contribution is 2.11. The van der Waals surface area contributed by atoms with Gasteiger partial charge >= 0.3 is 0 Å². The SMILES string of the molecule is CCO/C(O)=C1\C=CC=CC1=N. The lowest BCUT2D eigenvalue weighted by Gasteiger charge is -2.07. The maximum absolute atomic E-state index is 9.28. The summed E-state index contributed by atoms with van der Waals surface area (Å²) in [6.45, 7) is 2.18. The minimum atomic E-state index is -0.178. The molecule has 0 aromatic carbocycles.